The lowest BCUT2D eigenvalue weighted by Gasteiger charge is -2.36. The Bertz CT molecular complexity index is 711. The number of anilines is 2. The van der Waals surface area contributed by atoms with Crippen molar-refractivity contribution in [1.82, 2.24) is 4.90 Å². The maximum Gasteiger partial charge on any atom is 0.193 e. The fourth-order valence-electron chi connectivity index (χ4n) is 3.12. The average molecular weight is 372 g/mol. The lowest BCUT2D eigenvalue weighted by molar-refractivity contribution is 0.256. The van der Waals surface area contributed by atoms with Gasteiger partial charge in [-0.2, -0.15) is 0 Å². The van der Waals surface area contributed by atoms with Gasteiger partial charge in [0.25, 0.3) is 0 Å². The molecule has 2 aromatic rings. The summed E-state index contributed by atoms with van der Waals surface area (Å²) < 4.78 is 0. The molecule has 138 valence electrons. The van der Waals surface area contributed by atoms with Gasteiger partial charge in [0.05, 0.1) is 10.7 Å². The molecule has 0 aromatic heterocycles. The summed E-state index contributed by atoms with van der Waals surface area (Å²) >= 11 is 6.30. The highest BCUT2D eigenvalue weighted by Gasteiger charge is 2.18. The number of piperazine rings is 1. The van der Waals surface area contributed by atoms with Crippen molar-refractivity contribution in [1.29, 1.82) is 0 Å². The van der Waals surface area contributed by atoms with Crippen molar-refractivity contribution in [2.75, 3.05) is 49.5 Å². The zero-order valence-electron chi connectivity index (χ0n) is 14.9. The van der Waals surface area contributed by atoms with Crippen LogP contribution in [0.4, 0.5) is 11.4 Å². The summed E-state index contributed by atoms with van der Waals surface area (Å²) in [5.74, 6) is 0.472. The number of para-hydroxylation sites is 2. The van der Waals surface area contributed by atoms with Crippen LogP contribution in [0.5, 0.6) is 0 Å². The summed E-state index contributed by atoms with van der Waals surface area (Å²) in [6.45, 7) is 5.88. The minimum Gasteiger partial charge on any atom is -0.370 e. The van der Waals surface area contributed by atoms with Crippen molar-refractivity contribution >= 4 is 28.9 Å². The van der Waals surface area contributed by atoms with Crippen LogP contribution in [0.15, 0.2) is 59.6 Å². The first kappa shape index (κ1) is 18.5. The van der Waals surface area contributed by atoms with Gasteiger partial charge in [-0.05, 0) is 30.7 Å². The fourth-order valence-corrected chi connectivity index (χ4v) is 3.38. The third-order valence-corrected chi connectivity index (χ3v) is 4.85. The molecule has 26 heavy (non-hydrogen) atoms. The number of nitrogens with two attached hydrogens (primary N) is 1. The van der Waals surface area contributed by atoms with Gasteiger partial charge in [-0.15, -0.1) is 0 Å². The second kappa shape index (κ2) is 9.46. The van der Waals surface area contributed by atoms with Crippen molar-refractivity contribution in [3.63, 3.8) is 0 Å². The van der Waals surface area contributed by atoms with Gasteiger partial charge < -0.3 is 16.0 Å². The highest BCUT2D eigenvalue weighted by Crippen LogP contribution is 2.25. The van der Waals surface area contributed by atoms with Gasteiger partial charge in [0.2, 0.25) is 0 Å². The highest BCUT2D eigenvalue weighted by atomic mass is 35.5. The Labute approximate surface area is 160 Å². The van der Waals surface area contributed by atoms with E-state index in [0.717, 1.165) is 62.1 Å². The van der Waals surface area contributed by atoms with Crippen molar-refractivity contribution in [2.24, 2.45) is 10.7 Å². The molecule has 1 saturated heterocycles. The van der Waals surface area contributed by atoms with E-state index in [2.05, 4.69) is 26.2 Å². The van der Waals surface area contributed by atoms with Gasteiger partial charge >= 0.3 is 0 Å². The average Bonchev–Trinajstić information content (AvgIpc) is 2.67. The molecule has 0 amide bonds. The van der Waals surface area contributed by atoms with E-state index < -0.39 is 0 Å². The van der Waals surface area contributed by atoms with Crippen LogP contribution in [0.25, 0.3) is 0 Å². The van der Waals surface area contributed by atoms with Crippen molar-refractivity contribution in [3.8, 4) is 0 Å². The summed E-state index contributed by atoms with van der Waals surface area (Å²) in [5.41, 5.74) is 8.03. The van der Waals surface area contributed by atoms with Crippen LogP contribution in [0.2, 0.25) is 5.02 Å². The minimum atomic E-state index is 0.472. The number of nitrogens with zero attached hydrogens (tertiary/aromatic N) is 3. The van der Waals surface area contributed by atoms with Crippen LogP contribution in [0, 0.1) is 0 Å². The zero-order valence-corrected chi connectivity index (χ0v) is 15.7. The maximum absolute atomic E-state index is 6.30. The number of benzene rings is 2. The van der Waals surface area contributed by atoms with E-state index in [-0.39, 0.29) is 0 Å². The number of halogens is 1. The normalized spacial score (nSPS) is 15.9. The molecule has 1 aliphatic heterocycles. The molecule has 0 saturated carbocycles. The molecule has 1 fully saturated rings. The number of aliphatic imine (C=N–C) groups is 1. The van der Waals surface area contributed by atoms with Crippen LogP contribution < -0.4 is 16.0 Å². The molecule has 0 radical (unpaired) electrons. The Hall–Kier alpha value is -2.24. The van der Waals surface area contributed by atoms with Gasteiger partial charge in [0, 0.05) is 45.0 Å². The molecular weight excluding hydrogens is 346 g/mol. The standard InChI is InChI=1S/C20H26ClN5/c21-18-9-4-5-10-19(18)26-15-13-25(14-16-26)12-6-11-23-20(22)24-17-7-2-1-3-8-17/h1-5,7-10H,6,11-16H2,(H3,22,23,24). The molecule has 3 N–H and O–H groups in total. The molecule has 1 heterocycles. The number of nitrogens with one attached hydrogen (secondary N) is 1. The minimum absolute atomic E-state index is 0.472. The Morgan fingerprint density at radius 3 is 2.42 bits per heavy atom. The quantitative estimate of drug-likeness (QED) is 0.465. The Morgan fingerprint density at radius 2 is 1.69 bits per heavy atom. The first-order valence-corrected chi connectivity index (χ1v) is 9.44. The van der Waals surface area contributed by atoms with E-state index >= 15 is 0 Å². The molecule has 2 aromatic carbocycles. The van der Waals surface area contributed by atoms with E-state index in [1.54, 1.807) is 0 Å². The predicted molar refractivity (Wildman–Crippen MR) is 111 cm³/mol. The second-order valence-electron chi connectivity index (χ2n) is 6.39. The molecule has 0 aliphatic carbocycles. The van der Waals surface area contributed by atoms with Crippen LogP contribution in [0.1, 0.15) is 6.42 Å². The predicted octanol–water partition coefficient (Wildman–Crippen LogP) is 3.28. The second-order valence-corrected chi connectivity index (χ2v) is 6.80. The summed E-state index contributed by atoms with van der Waals surface area (Å²) in [6.07, 6.45) is 1.00. The van der Waals surface area contributed by atoms with E-state index in [0.29, 0.717) is 5.96 Å². The SMILES string of the molecule is NC(=NCCCN1CCN(c2ccccc2Cl)CC1)Nc1ccccc1. The third-order valence-electron chi connectivity index (χ3n) is 4.53. The molecule has 0 atom stereocenters. The first-order chi connectivity index (χ1) is 12.7. The fraction of sp³-hybridized carbons (Fsp3) is 0.350. The number of hydrogen-bond acceptors (Lipinski definition) is 3. The molecule has 0 bridgehead atoms. The summed E-state index contributed by atoms with van der Waals surface area (Å²) in [7, 11) is 0. The molecule has 3 rings (SSSR count). The van der Waals surface area contributed by atoms with Crippen molar-refractivity contribution < 1.29 is 0 Å². The van der Waals surface area contributed by atoms with Crippen molar-refractivity contribution in [3.05, 3.63) is 59.6 Å². The first-order valence-electron chi connectivity index (χ1n) is 9.06. The lowest BCUT2D eigenvalue weighted by atomic mass is 10.2. The topological polar surface area (TPSA) is 56.9 Å². The largest absolute Gasteiger partial charge is 0.370 e. The van der Waals surface area contributed by atoms with E-state index in [1.165, 1.54) is 0 Å². The monoisotopic (exact) mass is 371 g/mol. The summed E-state index contributed by atoms with van der Waals surface area (Å²) in [6, 6.07) is 17.9. The maximum atomic E-state index is 6.30. The Balaban J connectivity index is 1.36. The van der Waals surface area contributed by atoms with Crippen LogP contribution in [-0.2, 0) is 0 Å². The summed E-state index contributed by atoms with van der Waals surface area (Å²) in [5, 5.41) is 3.93. The smallest absolute Gasteiger partial charge is 0.193 e. The molecule has 6 heteroatoms. The van der Waals surface area contributed by atoms with E-state index in [4.69, 9.17) is 17.3 Å². The molecule has 1 aliphatic rings. The number of rotatable bonds is 6. The number of hydrogen-bond donors (Lipinski definition) is 2. The van der Waals surface area contributed by atoms with E-state index in [1.807, 2.05) is 48.5 Å². The van der Waals surface area contributed by atoms with Crippen LogP contribution in [0.3, 0.4) is 0 Å². The van der Waals surface area contributed by atoms with Crippen LogP contribution >= 0.6 is 11.6 Å². The number of guanidine groups is 1. The van der Waals surface area contributed by atoms with Gasteiger partial charge in [0.1, 0.15) is 0 Å². The van der Waals surface area contributed by atoms with Gasteiger partial charge in [0.15, 0.2) is 5.96 Å². The molecular formula is C20H26ClN5. The van der Waals surface area contributed by atoms with Gasteiger partial charge in [-0.1, -0.05) is 41.9 Å². The zero-order chi connectivity index (χ0) is 18.2. The van der Waals surface area contributed by atoms with E-state index in [9.17, 15) is 0 Å². The van der Waals surface area contributed by atoms with Gasteiger partial charge in [-0.3, -0.25) is 9.89 Å². The summed E-state index contributed by atoms with van der Waals surface area (Å²) in [4.78, 5) is 9.24. The molecule has 0 spiro atoms. The third kappa shape index (κ3) is 5.38. The highest BCUT2D eigenvalue weighted by molar-refractivity contribution is 6.33. The molecule has 5 nitrogen and oxygen atoms in total. The molecule has 0 unspecified atom stereocenters. The van der Waals surface area contributed by atoms with Crippen LogP contribution in [-0.4, -0.2) is 50.1 Å². The Morgan fingerprint density at radius 1 is 1.00 bits per heavy atom. The lowest BCUT2D eigenvalue weighted by Crippen LogP contribution is -2.46. The Kier molecular flexibility index (Phi) is 6.75. The van der Waals surface area contributed by atoms with Gasteiger partial charge in [-0.25, -0.2) is 0 Å². The van der Waals surface area contributed by atoms with Crippen molar-refractivity contribution in [2.45, 2.75) is 6.42 Å².